The molecule has 1 fully saturated rings. The number of aromatic amines is 1. The lowest BCUT2D eigenvalue weighted by molar-refractivity contribution is -0.137. The number of nitrogens with one attached hydrogen (secondary N) is 2. The third-order valence-electron chi connectivity index (χ3n) is 3.94. The molecule has 2 aromatic rings. The maximum absolute atomic E-state index is 12.6. The van der Waals surface area contributed by atoms with Crippen molar-refractivity contribution < 1.29 is 18.0 Å². The number of carbonyl (C=O) groups excluding carboxylic acids is 1. The molecule has 0 aliphatic heterocycles. The normalized spacial score (nSPS) is 16.3. The van der Waals surface area contributed by atoms with Crippen LogP contribution in [0.2, 0.25) is 0 Å². The zero-order valence-corrected chi connectivity index (χ0v) is 11.6. The topological polar surface area (TPSA) is 57.8 Å². The van der Waals surface area contributed by atoms with Crippen molar-refractivity contribution in [1.82, 2.24) is 15.3 Å². The molecule has 7 heteroatoms. The van der Waals surface area contributed by atoms with E-state index in [0.717, 1.165) is 17.8 Å². The first-order valence-electron chi connectivity index (χ1n) is 6.85. The van der Waals surface area contributed by atoms with Gasteiger partial charge in [0, 0.05) is 6.20 Å². The summed E-state index contributed by atoms with van der Waals surface area (Å²) in [6, 6.07) is 4.84. The fraction of sp³-hybridized carbons (Fsp3) is 0.333. The Balaban J connectivity index is 1.71. The third-order valence-corrected chi connectivity index (χ3v) is 3.94. The summed E-state index contributed by atoms with van der Waals surface area (Å²) in [6.07, 6.45) is 0.0562. The second-order valence-corrected chi connectivity index (χ2v) is 5.42. The number of halogens is 3. The predicted molar refractivity (Wildman–Crippen MR) is 72.8 cm³/mol. The number of hydrogen-bond donors (Lipinski definition) is 2. The molecule has 0 saturated heterocycles. The van der Waals surface area contributed by atoms with Crippen molar-refractivity contribution in [1.29, 1.82) is 0 Å². The standard InChI is InChI=1S/C15H14F3N3O/c16-15(17,18)11-3-1-10(2-4-11)14(5-6-14)13(22)20-8-12-7-19-9-21-12/h1-4,7,9H,5-6,8H2,(H,19,21)(H,20,22). The molecule has 1 aliphatic rings. The summed E-state index contributed by atoms with van der Waals surface area (Å²) in [5, 5.41) is 2.80. The molecule has 1 saturated carbocycles. The summed E-state index contributed by atoms with van der Waals surface area (Å²) < 4.78 is 37.7. The molecule has 1 amide bonds. The molecule has 1 aromatic carbocycles. The van der Waals surface area contributed by atoms with Gasteiger partial charge >= 0.3 is 6.18 Å². The van der Waals surface area contributed by atoms with Gasteiger partial charge in [-0.25, -0.2) is 4.98 Å². The molecule has 1 aromatic heterocycles. The highest BCUT2D eigenvalue weighted by atomic mass is 19.4. The molecule has 3 rings (SSSR count). The van der Waals surface area contributed by atoms with E-state index in [1.54, 1.807) is 6.20 Å². The second kappa shape index (κ2) is 5.15. The summed E-state index contributed by atoms with van der Waals surface area (Å²) in [7, 11) is 0. The zero-order valence-electron chi connectivity index (χ0n) is 11.6. The Bertz CT molecular complexity index is 658. The molecule has 2 N–H and O–H groups in total. The smallest absolute Gasteiger partial charge is 0.350 e. The van der Waals surface area contributed by atoms with Gasteiger partial charge in [0.1, 0.15) is 0 Å². The summed E-state index contributed by atoms with van der Waals surface area (Å²) >= 11 is 0. The van der Waals surface area contributed by atoms with E-state index in [2.05, 4.69) is 15.3 Å². The molecular formula is C15H14F3N3O. The summed E-state index contributed by atoms with van der Waals surface area (Å²) in [5.74, 6) is -0.165. The molecule has 116 valence electrons. The fourth-order valence-electron chi connectivity index (χ4n) is 2.48. The van der Waals surface area contributed by atoms with Gasteiger partial charge in [-0.05, 0) is 30.5 Å². The van der Waals surface area contributed by atoms with E-state index in [1.807, 2.05) is 0 Å². The van der Waals surface area contributed by atoms with Crippen LogP contribution in [0.5, 0.6) is 0 Å². The van der Waals surface area contributed by atoms with E-state index in [9.17, 15) is 18.0 Å². The lowest BCUT2D eigenvalue weighted by Crippen LogP contribution is -2.34. The van der Waals surface area contributed by atoms with Gasteiger partial charge < -0.3 is 10.3 Å². The maximum Gasteiger partial charge on any atom is 0.416 e. The molecule has 0 spiro atoms. The molecule has 1 aliphatic carbocycles. The first-order chi connectivity index (χ1) is 10.4. The highest BCUT2D eigenvalue weighted by Crippen LogP contribution is 2.48. The number of rotatable bonds is 4. The molecule has 0 radical (unpaired) electrons. The summed E-state index contributed by atoms with van der Waals surface area (Å²) in [4.78, 5) is 19.1. The summed E-state index contributed by atoms with van der Waals surface area (Å²) in [6.45, 7) is 0.321. The number of nitrogens with zero attached hydrogens (tertiary/aromatic N) is 1. The maximum atomic E-state index is 12.6. The van der Waals surface area contributed by atoms with Gasteiger partial charge in [0.2, 0.25) is 5.91 Å². The van der Waals surface area contributed by atoms with Gasteiger partial charge in [0.15, 0.2) is 0 Å². The van der Waals surface area contributed by atoms with Crippen molar-refractivity contribution in [3.63, 3.8) is 0 Å². The fourth-order valence-corrected chi connectivity index (χ4v) is 2.48. The van der Waals surface area contributed by atoms with Gasteiger partial charge in [-0.3, -0.25) is 4.79 Å². The number of alkyl halides is 3. The molecule has 0 bridgehead atoms. The van der Waals surface area contributed by atoms with E-state index in [1.165, 1.54) is 18.5 Å². The zero-order chi connectivity index (χ0) is 15.8. The van der Waals surface area contributed by atoms with Crippen LogP contribution >= 0.6 is 0 Å². The number of H-pyrrole nitrogens is 1. The minimum Gasteiger partial charge on any atom is -0.350 e. The van der Waals surface area contributed by atoms with Crippen molar-refractivity contribution in [2.75, 3.05) is 0 Å². The molecule has 22 heavy (non-hydrogen) atoms. The Morgan fingerprint density at radius 2 is 1.95 bits per heavy atom. The predicted octanol–water partition coefficient (Wildman–Crippen LogP) is 2.78. The minimum atomic E-state index is -4.36. The molecule has 0 unspecified atom stereocenters. The minimum absolute atomic E-state index is 0.165. The van der Waals surface area contributed by atoms with E-state index in [4.69, 9.17) is 0 Å². The number of benzene rings is 1. The van der Waals surface area contributed by atoms with Crippen molar-refractivity contribution in [3.05, 3.63) is 53.6 Å². The first-order valence-corrected chi connectivity index (χ1v) is 6.85. The Morgan fingerprint density at radius 3 is 2.45 bits per heavy atom. The van der Waals surface area contributed by atoms with Crippen LogP contribution in [-0.4, -0.2) is 15.9 Å². The van der Waals surface area contributed by atoms with Crippen LogP contribution < -0.4 is 5.32 Å². The lowest BCUT2D eigenvalue weighted by atomic mass is 9.94. The van der Waals surface area contributed by atoms with Crippen LogP contribution in [0, 0.1) is 0 Å². The lowest BCUT2D eigenvalue weighted by Gasteiger charge is -2.16. The highest BCUT2D eigenvalue weighted by Gasteiger charge is 2.51. The van der Waals surface area contributed by atoms with Crippen molar-refractivity contribution in [2.24, 2.45) is 0 Å². The molecule has 4 nitrogen and oxygen atoms in total. The van der Waals surface area contributed by atoms with E-state index in [0.29, 0.717) is 24.9 Å². The van der Waals surface area contributed by atoms with Crippen molar-refractivity contribution >= 4 is 5.91 Å². The van der Waals surface area contributed by atoms with Gasteiger partial charge in [-0.15, -0.1) is 0 Å². The average molecular weight is 309 g/mol. The van der Waals surface area contributed by atoms with Crippen LogP contribution in [0.15, 0.2) is 36.8 Å². The molecule has 0 atom stereocenters. The first kappa shape index (κ1) is 14.6. The van der Waals surface area contributed by atoms with E-state index < -0.39 is 17.2 Å². The Morgan fingerprint density at radius 1 is 1.27 bits per heavy atom. The second-order valence-electron chi connectivity index (χ2n) is 5.42. The van der Waals surface area contributed by atoms with Crippen LogP contribution in [0.3, 0.4) is 0 Å². The van der Waals surface area contributed by atoms with Gasteiger partial charge in [0.25, 0.3) is 0 Å². The van der Waals surface area contributed by atoms with Crippen LogP contribution in [0.25, 0.3) is 0 Å². The Labute approximate surface area is 124 Å². The number of aromatic nitrogens is 2. The highest BCUT2D eigenvalue weighted by molar-refractivity contribution is 5.91. The van der Waals surface area contributed by atoms with Gasteiger partial charge in [-0.2, -0.15) is 13.2 Å². The number of imidazole rings is 1. The van der Waals surface area contributed by atoms with Crippen LogP contribution in [0.4, 0.5) is 13.2 Å². The molecular weight excluding hydrogens is 295 g/mol. The third kappa shape index (κ3) is 2.70. The number of amides is 1. The quantitative estimate of drug-likeness (QED) is 0.912. The molecule has 1 heterocycles. The number of carbonyl (C=O) groups is 1. The SMILES string of the molecule is O=C(NCc1cnc[nH]1)C1(c2ccc(C(F)(F)F)cc2)CC1. The van der Waals surface area contributed by atoms with Gasteiger partial charge in [-0.1, -0.05) is 12.1 Å². The average Bonchev–Trinajstić information content (AvgIpc) is 3.14. The number of hydrogen-bond acceptors (Lipinski definition) is 2. The van der Waals surface area contributed by atoms with Crippen molar-refractivity contribution in [3.8, 4) is 0 Å². The Kier molecular flexibility index (Phi) is 3.42. The largest absolute Gasteiger partial charge is 0.416 e. The van der Waals surface area contributed by atoms with Crippen LogP contribution in [0.1, 0.15) is 29.7 Å². The van der Waals surface area contributed by atoms with E-state index in [-0.39, 0.29) is 5.91 Å². The summed E-state index contributed by atoms with van der Waals surface area (Å²) in [5.41, 5.74) is 0.00791. The Hall–Kier alpha value is -2.31. The van der Waals surface area contributed by atoms with Crippen LogP contribution in [-0.2, 0) is 22.9 Å². The van der Waals surface area contributed by atoms with E-state index >= 15 is 0 Å². The van der Waals surface area contributed by atoms with Gasteiger partial charge in [0.05, 0.1) is 29.5 Å². The van der Waals surface area contributed by atoms with Crippen molar-refractivity contribution in [2.45, 2.75) is 31.0 Å². The monoisotopic (exact) mass is 309 g/mol.